The molecule has 5 heteroatoms. The Bertz CT molecular complexity index is 546. The van der Waals surface area contributed by atoms with Gasteiger partial charge in [0.05, 0.1) is 25.9 Å². The van der Waals surface area contributed by atoms with Crippen LogP contribution in [0.5, 0.6) is 5.75 Å². The monoisotopic (exact) mass is 380 g/mol. The second-order valence-electron chi connectivity index (χ2n) is 7.89. The van der Waals surface area contributed by atoms with Crippen LogP contribution in [0.1, 0.15) is 64.0 Å². The van der Waals surface area contributed by atoms with Gasteiger partial charge in [0.25, 0.3) is 0 Å². The number of ether oxygens (including phenoxy) is 4. The fourth-order valence-corrected chi connectivity index (χ4v) is 3.91. The van der Waals surface area contributed by atoms with Crippen LogP contribution < -0.4 is 4.74 Å². The van der Waals surface area contributed by atoms with Crippen molar-refractivity contribution in [2.45, 2.75) is 70.4 Å². The minimum Gasteiger partial charge on any atom is -0.488 e. The molecule has 1 aromatic rings. The third-order valence-electron chi connectivity index (χ3n) is 5.46. The van der Waals surface area contributed by atoms with Crippen molar-refractivity contribution < 1.29 is 23.3 Å². The zero-order chi connectivity index (χ0) is 19.1. The van der Waals surface area contributed by atoms with Gasteiger partial charge in [0.2, 0.25) is 0 Å². The van der Waals surface area contributed by atoms with Gasteiger partial charge in [0.15, 0.2) is 12.0 Å². The van der Waals surface area contributed by atoms with Crippen LogP contribution in [0, 0.1) is 5.92 Å². The second kappa shape index (κ2) is 9.85. The van der Waals surface area contributed by atoms with E-state index in [0.29, 0.717) is 12.3 Å². The molecule has 2 aliphatic heterocycles. The van der Waals surface area contributed by atoms with Crippen molar-refractivity contribution in [3.63, 3.8) is 0 Å². The molecule has 0 aliphatic carbocycles. The SMILES string of the molecule is CCCC1CCC(c2ccc(OCC3OCC(F)(CCC)CO3)cc2)OC1. The van der Waals surface area contributed by atoms with E-state index in [1.54, 1.807) is 0 Å². The maximum absolute atomic E-state index is 14.3. The fourth-order valence-electron chi connectivity index (χ4n) is 3.91. The molecule has 2 saturated heterocycles. The maximum atomic E-state index is 14.3. The van der Waals surface area contributed by atoms with Crippen LogP contribution in [0.25, 0.3) is 0 Å². The summed E-state index contributed by atoms with van der Waals surface area (Å²) in [6.45, 7) is 5.47. The van der Waals surface area contributed by atoms with E-state index in [-0.39, 0.29) is 25.9 Å². The highest BCUT2D eigenvalue weighted by Gasteiger charge is 2.36. The molecule has 0 saturated carbocycles. The van der Waals surface area contributed by atoms with Gasteiger partial charge in [0, 0.05) is 0 Å². The summed E-state index contributed by atoms with van der Waals surface area (Å²) in [6, 6.07) is 8.04. The topological polar surface area (TPSA) is 36.9 Å². The van der Waals surface area contributed by atoms with Crippen LogP contribution in [0.4, 0.5) is 4.39 Å². The van der Waals surface area contributed by atoms with Crippen LogP contribution in [0.15, 0.2) is 24.3 Å². The minimum absolute atomic E-state index is 0.0752. The molecule has 2 fully saturated rings. The Morgan fingerprint density at radius 3 is 2.37 bits per heavy atom. The highest BCUT2D eigenvalue weighted by molar-refractivity contribution is 5.28. The molecule has 0 aromatic heterocycles. The van der Waals surface area contributed by atoms with Crippen molar-refractivity contribution in [3.8, 4) is 5.75 Å². The Labute approximate surface area is 162 Å². The molecule has 2 atom stereocenters. The van der Waals surface area contributed by atoms with Gasteiger partial charge in [-0.1, -0.05) is 38.8 Å². The fraction of sp³-hybridized carbons (Fsp3) is 0.727. The van der Waals surface area contributed by atoms with Gasteiger partial charge in [0.1, 0.15) is 12.4 Å². The van der Waals surface area contributed by atoms with Gasteiger partial charge in [-0.2, -0.15) is 0 Å². The van der Waals surface area contributed by atoms with E-state index in [1.807, 2.05) is 19.1 Å². The van der Waals surface area contributed by atoms with Gasteiger partial charge in [-0.05, 0) is 49.3 Å². The van der Waals surface area contributed by atoms with E-state index < -0.39 is 12.0 Å². The summed E-state index contributed by atoms with van der Waals surface area (Å²) >= 11 is 0. The quantitative estimate of drug-likeness (QED) is 0.620. The number of alkyl halides is 1. The molecule has 0 spiro atoms. The van der Waals surface area contributed by atoms with Crippen LogP contribution >= 0.6 is 0 Å². The van der Waals surface area contributed by atoms with Gasteiger partial charge in [-0.3, -0.25) is 0 Å². The average Bonchev–Trinajstić information content (AvgIpc) is 2.69. The molecule has 0 bridgehead atoms. The molecule has 0 N–H and O–H groups in total. The molecule has 1 aromatic carbocycles. The number of hydrogen-bond donors (Lipinski definition) is 0. The van der Waals surface area contributed by atoms with E-state index in [4.69, 9.17) is 18.9 Å². The van der Waals surface area contributed by atoms with Crippen LogP contribution in [0.2, 0.25) is 0 Å². The Hall–Kier alpha value is -1.17. The summed E-state index contributed by atoms with van der Waals surface area (Å²) < 4.78 is 37.0. The molecule has 0 amide bonds. The molecule has 2 unspecified atom stereocenters. The van der Waals surface area contributed by atoms with Crippen LogP contribution in [-0.4, -0.2) is 38.4 Å². The average molecular weight is 381 g/mol. The number of benzene rings is 1. The lowest BCUT2D eigenvalue weighted by atomic mass is 9.92. The first kappa shape index (κ1) is 20.6. The third kappa shape index (κ3) is 5.90. The molecule has 0 radical (unpaired) electrons. The molecule has 2 aliphatic rings. The Kier molecular flexibility index (Phi) is 7.50. The molecule has 27 heavy (non-hydrogen) atoms. The summed E-state index contributed by atoms with van der Waals surface area (Å²) in [6.07, 6.45) is 5.72. The van der Waals surface area contributed by atoms with E-state index in [9.17, 15) is 4.39 Å². The summed E-state index contributed by atoms with van der Waals surface area (Å²) in [7, 11) is 0. The van der Waals surface area contributed by atoms with E-state index in [1.165, 1.54) is 24.8 Å². The Balaban J connectivity index is 1.41. The van der Waals surface area contributed by atoms with Gasteiger partial charge >= 0.3 is 0 Å². The van der Waals surface area contributed by atoms with Gasteiger partial charge in [-0.15, -0.1) is 0 Å². The number of rotatable bonds is 8. The lowest BCUT2D eigenvalue weighted by Gasteiger charge is -2.33. The minimum atomic E-state index is -1.36. The van der Waals surface area contributed by atoms with Crippen molar-refractivity contribution in [2.75, 3.05) is 26.4 Å². The maximum Gasteiger partial charge on any atom is 0.191 e. The highest BCUT2D eigenvalue weighted by Crippen LogP contribution is 2.33. The second-order valence-corrected chi connectivity index (χ2v) is 7.89. The largest absolute Gasteiger partial charge is 0.488 e. The lowest BCUT2D eigenvalue weighted by molar-refractivity contribution is -0.242. The van der Waals surface area contributed by atoms with E-state index in [2.05, 4.69) is 19.1 Å². The number of halogens is 1. The Morgan fingerprint density at radius 2 is 1.78 bits per heavy atom. The molecule has 4 nitrogen and oxygen atoms in total. The summed E-state index contributed by atoms with van der Waals surface area (Å²) in [5.74, 6) is 1.47. The lowest BCUT2D eigenvalue weighted by Crippen LogP contribution is -2.45. The zero-order valence-corrected chi connectivity index (χ0v) is 16.6. The van der Waals surface area contributed by atoms with Crippen LogP contribution in [-0.2, 0) is 14.2 Å². The third-order valence-corrected chi connectivity index (χ3v) is 5.46. The van der Waals surface area contributed by atoms with Crippen molar-refractivity contribution in [2.24, 2.45) is 5.92 Å². The standard InChI is InChI=1S/C22H33FO4/c1-3-5-17-6-11-20(25-13-17)18-7-9-19(10-8-18)24-14-21-26-15-22(23,12-4-2)16-27-21/h7-10,17,20-21H,3-6,11-16H2,1-2H3. The smallest absolute Gasteiger partial charge is 0.191 e. The summed E-state index contributed by atoms with van der Waals surface area (Å²) in [4.78, 5) is 0. The zero-order valence-electron chi connectivity index (χ0n) is 16.6. The predicted molar refractivity (Wildman–Crippen MR) is 103 cm³/mol. The van der Waals surface area contributed by atoms with E-state index in [0.717, 1.165) is 25.2 Å². The van der Waals surface area contributed by atoms with Crippen molar-refractivity contribution in [3.05, 3.63) is 29.8 Å². The van der Waals surface area contributed by atoms with Gasteiger partial charge < -0.3 is 18.9 Å². The van der Waals surface area contributed by atoms with Crippen molar-refractivity contribution >= 4 is 0 Å². The molecular weight excluding hydrogens is 347 g/mol. The van der Waals surface area contributed by atoms with E-state index >= 15 is 0 Å². The molecular formula is C22H33FO4. The van der Waals surface area contributed by atoms with Crippen molar-refractivity contribution in [1.29, 1.82) is 0 Å². The molecule has 2 heterocycles. The van der Waals surface area contributed by atoms with Crippen molar-refractivity contribution in [1.82, 2.24) is 0 Å². The summed E-state index contributed by atoms with van der Waals surface area (Å²) in [5, 5.41) is 0. The first-order chi connectivity index (χ1) is 13.1. The number of hydrogen-bond acceptors (Lipinski definition) is 4. The van der Waals surface area contributed by atoms with Gasteiger partial charge in [-0.25, -0.2) is 4.39 Å². The normalized spacial score (nSPS) is 31.6. The highest BCUT2D eigenvalue weighted by atomic mass is 19.1. The molecule has 152 valence electrons. The Morgan fingerprint density at radius 1 is 1.04 bits per heavy atom. The van der Waals surface area contributed by atoms with Crippen LogP contribution in [0.3, 0.4) is 0 Å². The predicted octanol–water partition coefficient (Wildman–Crippen LogP) is 5.21. The first-order valence-corrected chi connectivity index (χ1v) is 10.4. The summed E-state index contributed by atoms with van der Waals surface area (Å²) in [5.41, 5.74) is -0.160. The first-order valence-electron chi connectivity index (χ1n) is 10.4. The molecule has 3 rings (SSSR count).